The Balaban J connectivity index is 2.01. The van der Waals surface area contributed by atoms with Crippen LogP contribution in [0.25, 0.3) is 21.5 Å². The van der Waals surface area contributed by atoms with Crippen molar-refractivity contribution in [3.63, 3.8) is 0 Å². The van der Waals surface area contributed by atoms with Gasteiger partial charge in [-0.3, -0.25) is 4.57 Å². The third kappa shape index (κ3) is 4.38. The van der Waals surface area contributed by atoms with Crippen molar-refractivity contribution in [1.82, 2.24) is 0 Å². The molecule has 0 aliphatic rings. The van der Waals surface area contributed by atoms with E-state index in [1.54, 1.807) is 0 Å². The van der Waals surface area contributed by atoms with E-state index >= 15 is 0 Å². The van der Waals surface area contributed by atoms with Gasteiger partial charge in [0.25, 0.3) is 0 Å². The molecular formula is C26H28NO3P. The molecule has 0 radical (unpaired) electrons. The zero-order chi connectivity index (χ0) is 21.8. The average molecular weight is 433 g/mol. The van der Waals surface area contributed by atoms with E-state index in [2.05, 4.69) is 35.6 Å². The Morgan fingerprint density at radius 3 is 1.84 bits per heavy atom. The molecule has 0 amide bonds. The van der Waals surface area contributed by atoms with Crippen LogP contribution in [0.4, 0.5) is 5.69 Å². The highest BCUT2D eigenvalue weighted by atomic mass is 31.2. The minimum atomic E-state index is -3.55. The highest BCUT2D eigenvalue weighted by molar-refractivity contribution is 7.54. The number of benzene rings is 4. The summed E-state index contributed by atoms with van der Waals surface area (Å²) in [6.07, 6.45) is 0. The van der Waals surface area contributed by atoms with Crippen LogP contribution in [0.15, 0.2) is 78.9 Å². The lowest BCUT2D eigenvalue weighted by Crippen LogP contribution is -2.16. The first-order valence-electron chi connectivity index (χ1n) is 10.7. The first-order chi connectivity index (χ1) is 15.1. The largest absolute Gasteiger partial charge is 0.368 e. The van der Waals surface area contributed by atoms with E-state index < -0.39 is 13.4 Å². The summed E-state index contributed by atoms with van der Waals surface area (Å²) in [5.41, 5.74) is 2.96. The predicted octanol–water partition coefficient (Wildman–Crippen LogP) is 7.68. The molecule has 4 rings (SSSR count). The monoisotopic (exact) mass is 433 g/mol. The van der Waals surface area contributed by atoms with E-state index in [1.807, 2.05) is 69.3 Å². The molecule has 0 aliphatic carbocycles. The summed E-state index contributed by atoms with van der Waals surface area (Å²) >= 11 is 0. The van der Waals surface area contributed by atoms with Crippen molar-refractivity contribution in [2.24, 2.45) is 0 Å². The minimum Gasteiger partial charge on any atom is -0.368 e. The molecule has 0 aromatic heterocycles. The van der Waals surface area contributed by atoms with E-state index in [0.717, 1.165) is 38.4 Å². The second kappa shape index (κ2) is 9.23. The average Bonchev–Trinajstić information content (AvgIpc) is 2.77. The molecule has 1 N–H and O–H groups in total. The van der Waals surface area contributed by atoms with Crippen LogP contribution in [0.2, 0.25) is 0 Å². The van der Waals surface area contributed by atoms with Crippen molar-refractivity contribution >= 4 is 34.8 Å². The van der Waals surface area contributed by atoms with Gasteiger partial charge in [-0.2, -0.15) is 0 Å². The van der Waals surface area contributed by atoms with Gasteiger partial charge in [0, 0.05) is 11.3 Å². The molecule has 0 saturated carbocycles. The van der Waals surface area contributed by atoms with Gasteiger partial charge in [0.2, 0.25) is 0 Å². The van der Waals surface area contributed by atoms with Crippen molar-refractivity contribution in [2.45, 2.75) is 26.6 Å². The van der Waals surface area contributed by atoms with E-state index in [-0.39, 0.29) is 0 Å². The molecule has 31 heavy (non-hydrogen) atoms. The molecular weight excluding hydrogens is 405 g/mol. The number of aryl methyl sites for hydroxylation is 1. The Morgan fingerprint density at radius 2 is 1.32 bits per heavy atom. The third-order valence-electron chi connectivity index (χ3n) is 5.38. The number of nitrogens with one attached hydrogen (secondary N) is 1. The molecule has 0 heterocycles. The van der Waals surface area contributed by atoms with Gasteiger partial charge >= 0.3 is 7.60 Å². The Labute approximate surface area is 183 Å². The maximum Gasteiger partial charge on any atom is 0.357 e. The fourth-order valence-corrected chi connectivity index (χ4v) is 6.00. The van der Waals surface area contributed by atoms with Crippen molar-refractivity contribution in [2.75, 3.05) is 18.5 Å². The van der Waals surface area contributed by atoms with E-state index in [1.165, 1.54) is 0 Å². The summed E-state index contributed by atoms with van der Waals surface area (Å²) in [4.78, 5) is 0. The maximum absolute atomic E-state index is 14.2. The topological polar surface area (TPSA) is 47.6 Å². The quantitative estimate of drug-likeness (QED) is 0.229. The fraction of sp³-hybridized carbons (Fsp3) is 0.231. The van der Waals surface area contributed by atoms with E-state index in [4.69, 9.17) is 9.05 Å². The predicted molar refractivity (Wildman–Crippen MR) is 130 cm³/mol. The normalized spacial score (nSPS) is 12.9. The van der Waals surface area contributed by atoms with Crippen LogP contribution >= 0.6 is 7.60 Å². The minimum absolute atomic E-state index is 0.298. The van der Waals surface area contributed by atoms with Gasteiger partial charge in [0.05, 0.1) is 13.2 Å². The molecule has 0 unspecified atom stereocenters. The maximum atomic E-state index is 14.2. The highest BCUT2D eigenvalue weighted by Gasteiger charge is 2.39. The summed E-state index contributed by atoms with van der Waals surface area (Å²) in [6.45, 7) is 6.33. The molecule has 4 aromatic rings. The van der Waals surface area contributed by atoms with Crippen LogP contribution in [-0.2, 0) is 13.6 Å². The standard InChI is InChI=1S/C26H28NO3P/c1-4-29-31(28,30-5-2)26(27-22-16-14-19(3)15-17-22)25-23-12-8-6-10-20(23)18-21-11-7-9-13-24(21)25/h6-18,26-27H,4-5H2,1-3H3/t26-/m0/s1. The van der Waals surface area contributed by atoms with Crippen LogP contribution in [0.3, 0.4) is 0 Å². The smallest absolute Gasteiger partial charge is 0.357 e. The van der Waals surface area contributed by atoms with Gasteiger partial charge in [0.15, 0.2) is 5.78 Å². The molecule has 0 bridgehead atoms. The van der Waals surface area contributed by atoms with E-state index in [0.29, 0.717) is 13.2 Å². The summed E-state index contributed by atoms with van der Waals surface area (Å²) < 4.78 is 25.9. The molecule has 0 spiro atoms. The molecule has 0 fully saturated rings. The first-order valence-corrected chi connectivity index (χ1v) is 12.3. The second-order valence-electron chi connectivity index (χ2n) is 7.52. The Morgan fingerprint density at radius 1 is 0.806 bits per heavy atom. The zero-order valence-corrected chi connectivity index (χ0v) is 19.1. The summed E-state index contributed by atoms with van der Waals surface area (Å²) in [7, 11) is -3.55. The van der Waals surface area contributed by atoms with Crippen LogP contribution in [0.5, 0.6) is 0 Å². The number of anilines is 1. The van der Waals surface area contributed by atoms with Crippen molar-refractivity contribution in [1.29, 1.82) is 0 Å². The lowest BCUT2D eigenvalue weighted by atomic mass is 9.96. The van der Waals surface area contributed by atoms with Crippen LogP contribution in [-0.4, -0.2) is 13.2 Å². The SMILES string of the molecule is CCOP(=O)(OCC)[C@H](Nc1ccc(C)cc1)c1c2ccccc2cc2ccccc12. The Bertz CT molecular complexity index is 1170. The number of fused-ring (bicyclic) bond motifs is 2. The molecule has 0 saturated heterocycles. The number of hydrogen-bond donors (Lipinski definition) is 1. The van der Waals surface area contributed by atoms with Crippen LogP contribution < -0.4 is 5.32 Å². The molecule has 1 atom stereocenters. The Kier molecular flexibility index (Phi) is 6.43. The van der Waals surface area contributed by atoms with Gasteiger partial charge < -0.3 is 14.4 Å². The number of hydrogen-bond acceptors (Lipinski definition) is 4. The van der Waals surface area contributed by atoms with Crippen molar-refractivity contribution in [3.05, 3.63) is 90.0 Å². The lowest BCUT2D eigenvalue weighted by molar-refractivity contribution is 0.214. The van der Waals surface area contributed by atoms with Crippen LogP contribution in [0.1, 0.15) is 30.8 Å². The zero-order valence-electron chi connectivity index (χ0n) is 18.2. The first kappa shape index (κ1) is 21.6. The third-order valence-corrected chi connectivity index (χ3v) is 7.63. The molecule has 160 valence electrons. The lowest BCUT2D eigenvalue weighted by Gasteiger charge is -2.30. The van der Waals surface area contributed by atoms with Gasteiger partial charge in [0.1, 0.15) is 0 Å². The summed E-state index contributed by atoms with van der Waals surface area (Å²) in [5, 5.41) is 7.75. The summed E-state index contributed by atoms with van der Waals surface area (Å²) in [5.74, 6) is -0.661. The van der Waals surface area contributed by atoms with Gasteiger partial charge in [-0.25, -0.2) is 0 Å². The molecule has 4 aromatic carbocycles. The Hall–Kier alpha value is -2.65. The molecule has 5 heteroatoms. The number of rotatable bonds is 8. The van der Waals surface area contributed by atoms with E-state index in [9.17, 15) is 4.57 Å². The van der Waals surface area contributed by atoms with Crippen molar-refractivity contribution in [3.8, 4) is 0 Å². The molecule has 4 nitrogen and oxygen atoms in total. The van der Waals surface area contributed by atoms with Crippen LogP contribution in [0, 0.1) is 6.92 Å². The molecule has 0 aliphatic heterocycles. The highest BCUT2D eigenvalue weighted by Crippen LogP contribution is 2.62. The second-order valence-corrected chi connectivity index (χ2v) is 9.63. The van der Waals surface area contributed by atoms with Crippen molar-refractivity contribution < 1.29 is 13.6 Å². The van der Waals surface area contributed by atoms with Gasteiger partial charge in [-0.1, -0.05) is 66.2 Å². The van der Waals surface area contributed by atoms with Gasteiger partial charge in [-0.05, 0) is 60.5 Å². The fourth-order valence-electron chi connectivity index (χ4n) is 4.01. The van der Waals surface area contributed by atoms with Gasteiger partial charge in [-0.15, -0.1) is 0 Å². The summed E-state index contributed by atoms with van der Waals surface area (Å²) in [6, 6.07) is 26.6.